The SMILES string of the molecule is Cc1ccc(S(=O)(=O)[O-])cc1.[2H]C([2H])(OCc1ccccc1)C(O)CNc1cc(F)c([NH3+])cc1Br. The van der Waals surface area contributed by atoms with Crippen LogP contribution in [-0.2, 0) is 21.5 Å². The number of benzene rings is 3. The Bertz CT molecular complexity index is 1220. The number of halogens is 2. The van der Waals surface area contributed by atoms with Crippen LogP contribution in [0.5, 0.6) is 0 Å². The van der Waals surface area contributed by atoms with E-state index in [9.17, 15) is 22.5 Å². The van der Waals surface area contributed by atoms with Crippen molar-refractivity contribution < 1.29 is 35.7 Å². The van der Waals surface area contributed by atoms with Gasteiger partial charge >= 0.3 is 0 Å². The zero-order chi connectivity index (χ0) is 26.2. The maximum atomic E-state index is 13.5. The van der Waals surface area contributed by atoms with Gasteiger partial charge in [0, 0.05) is 23.2 Å². The van der Waals surface area contributed by atoms with Gasteiger partial charge in [-0.15, -0.1) is 0 Å². The molecule has 0 aliphatic rings. The molecule has 0 saturated heterocycles. The summed E-state index contributed by atoms with van der Waals surface area (Å²) in [6.07, 6.45) is -1.43. The van der Waals surface area contributed by atoms with E-state index in [0.717, 1.165) is 11.1 Å². The molecule has 0 bridgehead atoms. The molecule has 1 atom stereocenters. The standard InChI is InChI=1S/C16H18BrFN2O2.C7H8O3S/c17-13-6-15(19)14(18)7-16(13)20-8-12(21)10-22-9-11-4-2-1-3-5-11;1-6-2-4-7(5-3-6)11(8,9)10/h1-7,12,20-21H,8-10,19H2;2-5H,1H3,(H,8,9,10)/i10D2;. The van der Waals surface area contributed by atoms with Crippen molar-refractivity contribution in [1.82, 2.24) is 0 Å². The lowest BCUT2D eigenvalue weighted by molar-refractivity contribution is -0.258. The van der Waals surface area contributed by atoms with Crippen LogP contribution in [0.15, 0.2) is 76.1 Å². The molecule has 3 aromatic carbocycles. The summed E-state index contributed by atoms with van der Waals surface area (Å²) in [5.41, 5.74) is 5.92. The average Bonchev–Trinajstić information content (AvgIpc) is 2.80. The van der Waals surface area contributed by atoms with Gasteiger partial charge in [-0.3, -0.25) is 0 Å². The molecule has 33 heavy (non-hydrogen) atoms. The Balaban J connectivity index is 0.000000328. The second-order valence-electron chi connectivity index (χ2n) is 6.98. The third-order valence-corrected chi connectivity index (χ3v) is 5.74. The van der Waals surface area contributed by atoms with Gasteiger partial charge in [0.2, 0.25) is 0 Å². The Morgan fingerprint density at radius 2 is 1.85 bits per heavy atom. The Morgan fingerprint density at radius 1 is 1.21 bits per heavy atom. The first-order chi connectivity index (χ1) is 16.3. The summed E-state index contributed by atoms with van der Waals surface area (Å²) in [4.78, 5) is -0.178. The molecule has 0 amide bonds. The Labute approximate surface area is 204 Å². The fraction of sp³-hybridized carbons (Fsp3) is 0.217. The van der Waals surface area contributed by atoms with Crippen LogP contribution >= 0.6 is 15.9 Å². The maximum absolute atomic E-state index is 13.5. The number of aryl methyl sites for hydroxylation is 1. The molecule has 3 rings (SSSR count). The number of quaternary nitrogens is 1. The number of nitrogens with one attached hydrogen (secondary N) is 1. The summed E-state index contributed by atoms with van der Waals surface area (Å²) >= 11 is 3.27. The minimum Gasteiger partial charge on any atom is -0.744 e. The monoisotopic (exact) mass is 542 g/mol. The lowest BCUT2D eigenvalue weighted by Gasteiger charge is -2.14. The van der Waals surface area contributed by atoms with Crippen molar-refractivity contribution in [2.75, 3.05) is 18.4 Å². The third kappa shape index (κ3) is 9.58. The molecule has 10 heteroatoms. The summed E-state index contributed by atoms with van der Waals surface area (Å²) in [6, 6.07) is 17.6. The molecule has 1 unspecified atom stereocenters. The predicted octanol–water partition coefficient (Wildman–Crippen LogP) is 3.35. The molecule has 0 spiro atoms. The minimum absolute atomic E-state index is 0.0411. The Hall–Kier alpha value is -2.34. The fourth-order valence-corrected chi connectivity index (χ4v) is 3.47. The molecule has 7 nitrogen and oxygen atoms in total. The molecular weight excluding hydrogens is 515 g/mol. The van der Waals surface area contributed by atoms with E-state index in [1.165, 1.54) is 24.3 Å². The third-order valence-electron chi connectivity index (χ3n) is 4.23. The molecule has 178 valence electrons. The van der Waals surface area contributed by atoms with Crippen LogP contribution in [0, 0.1) is 12.7 Å². The van der Waals surface area contributed by atoms with Gasteiger partial charge in [0.1, 0.15) is 10.1 Å². The highest BCUT2D eigenvalue weighted by Gasteiger charge is 2.10. The lowest BCUT2D eigenvalue weighted by Crippen LogP contribution is -2.41. The smallest absolute Gasteiger partial charge is 0.185 e. The number of hydrogen-bond donors (Lipinski definition) is 3. The van der Waals surface area contributed by atoms with Gasteiger partial charge in [-0.05, 0) is 40.5 Å². The molecular formula is C23H26BrFN2O5S. The summed E-state index contributed by atoms with van der Waals surface area (Å²) in [6.45, 7) is -0.531. The summed E-state index contributed by atoms with van der Waals surface area (Å²) in [7, 11) is -4.27. The van der Waals surface area contributed by atoms with Gasteiger partial charge in [-0.2, -0.15) is 0 Å². The molecule has 0 heterocycles. The Morgan fingerprint density at radius 3 is 2.45 bits per heavy atom. The molecule has 5 N–H and O–H groups in total. The first-order valence-corrected chi connectivity index (χ1v) is 11.9. The molecule has 0 saturated carbocycles. The normalized spacial score (nSPS) is 13.3. The van der Waals surface area contributed by atoms with E-state index in [4.69, 9.17) is 7.48 Å². The van der Waals surface area contributed by atoms with Crippen molar-refractivity contribution in [2.45, 2.75) is 24.5 Å². The molecule has 0 aromatic heterocycles. The largest absolute Gasteiger partial charge is 0.744 e. The quantitative estimate of drug-likeness (QED) is 0.374. The van der Waals surface area contributed by atoms with Crippen LogP contribution < -0.4 is 11.1 Å². The number of aliphatic hydroxyl groups is 1. The molecule has 0 aliphatic heterocycles. The number of rotatable bonds is 8. The topological polar surface area (TPSA) is 126 Å². The second-order valence-corrected chi connectivity index (χ2v) is 9.21. The van der Waals surface area contributed by atoms with E-state index in [2.05, 4.69) is 27.0 Å². The lowest BCUT2D eigenvalue weighted by atomic mass is 10.2. The van der Waals surface area contributed by atoms with E-state index in [0.29, 0.717) is 10.2 Å². The van der Waals surface area contributed by atoms with Crippen LogP contribution in [0.1, 0.15) is 13.9 Å². The first-order valence-electron chi connectivity index (χ1n) is 10.7. The maximum Gasteiger partial charge on any atom is 0.185 e. The zero-order valence-corrected chi connectivity index (χ0v) is 20.2. The zero-order valence-electron chi connectivity index (χ0n) is 19.8. The van der Waals surface area contributed by atoms with Crippen molar-refractivity contribution in [3.63, 3.8) is 0 Å². The minimum atomic E-state index is -4.27. The highest BCUT2D eigenvalue weighted by atomic mass is 79.9. The van der Waals surface area contributed by atoms with Gasteiger partial charge in [0.15, 0.2) is 11.5 Å². The van der Waals surface area contributed by atoms with Gasteiger partial charge in [0.05, 0.1) is 32.6 Å². The highest BCUT2D eigenvalue weighted by Crippen LogP contribution is 2.26. The van der Waals surface area contributed by atoms with Crippen molar-refractivity contribution in [1.29, 1.82) is 0 Å². The van der Waals surface area contributed by atoms with Crippen LogP contribution in [0.25, 0.3) is 0 Å². The van der Waals surface area contributed by atoms with Crippen LogP contribution in [-0.4, -0.2) is 37.3 Å². The fourth-order valence-electron chi connectivity index (χ4n) is 2.47. The van der Waals surface area contributed by atoms with Crippen LogP contribution in [0.2, 0.25) is 0 Å². The summed E-state index contributed by atoms with van der Waals surface area (Å²) in [5, 5.41) is 12.8. The molecule has 0 aliphatic carbocycles. The van der Waals surface area contributed by atoms with Crippen molar-refractivity contribution in [3.05, 3.63) is 88.1 Å². The summed E-state index contributed by atoms with van der Waals surface area (Å²) < 4.78 is 66.1. The molecule has 3 aromatic rings. The van der Waals surface area contributed by atoms with E-state index in [1.807, 2.05) is 25.1 Å². The van der Waals surface area contributed by atoms with Gasteiger partial charge < -0.3 is 25.4 Å². The second kappa shape index (κ2) is 12.8. The van der Waals surface area contributed by atoms with Gasteiger partial charge in [0.25, 0.3) is 0 Å². The van der Waals surface area contributed by atoms with E-state index in [-0.39, 0.29) is 23.7 Å². The summed E-state index contributed by atoms with van der Waals surface area (Å²) in [5.74, 6) is -0.487. The van der Waals surface area contributed by atoms with Gasteiger partial charge in [-0.1, -0.05) is 48.0 Å². The van der Waals surface area contributed by atoms with Crippen molar-refractivity contribution in [2.24, 2.45) is 0 Å². The first kappa shape index (κ1) is 23.8. The molecule has 0 fully saturated rings. The van der Waals surface area contributed by atoms with Crippen LogP contribution in [0.3, 0.4) is 0 Å². The van der Waals surface area contributed by atoms with Crippen molar-refractivity contribution >= 4 is 37.4 Å². The van der Waals surface area contributed by atoms with Gasteiger partial charge in [-0.25, -0.2) is 12.8 Å². The number of ether oxygens (including phenoxy) is 1. The highest BCUT2D eigenvalue weighted by molar-refractivity contribution is 9.10. The van der Waals surface area contributed by atoms with Crippen LogP contribution in [0.4, 0.5) is 15.8 Å². The molecule has 0 radical (unpaired) electrons. The van der Waals surface area contributed by atoms with E-state index >= 15 is 0 Å². The predicted molar refractivity (Wildman–Crippen MR) is 126 cm³/mol. The number of anilines is 1. The van der Waals surface area contributed by atoms with Crippen molar-refractivity contribution in [3.8, 4) is 0 Å². The van der Waals surface area contributed by atoms with E-state index in [1.54, 1.807) is 24.3 Å². The van der Waals surface area contributed by atoms with E-state index < -0.39 is 28.6 Å². The number of aliphatic hydroxyl groups excluding tert-OH is 1. The Kier molecular flexibility index (Phi) is 9.22. The number of hydrogen-bond acceptors (Lipinski definition) is 6. The average molecular weight is 543 g/mol.